The van der Waals surface area contributed by atoms with Crippen LogP contribution in [0.2, 0.25) is 0 Å². The van der Waals surface area contributed by atoms with Gasteiger partial charge in [-0.25, -0.2) is 8.42 Å². The number of rotatable bonds is 6. The van der Waals surface area contributed by atoms with Gasteiger partial charge in [0.1, 0.15) is 5.75 Å². The Morgan fingerprint density at radius 2 is 1.95 bits per heavy atom. The first-order valence-corrected chi connectivity index (χ1v) is 8.36. The van der Waals surface area contributed by atoms with E-state index in [1.165, 1.54) is 32.4 Å². The molecule has 0 unspecified atom stereocenters. The topological polar surface area (TPSA) is 81.7 Å². The molecule has 0 bridgehead atoms. The maximum Gasteiger partial charge on any atom is 0.261 e. The summed E-state index contributed by atoms with van der Waals surface area (Å²) >= 11 is 0. The van der Waals surface area contributed by atoms with Crippen molar-refractivity contribution >= 4 is 25.6 Å². The highest BCUT2D eigenvalue weighted by Crippen LogP contribution is 2.25. The van der Waals surface area contributed by atoms with E-state index in [1.54, 1.807) is 13.8 Å². The van der Waals surface area contributed by atoms with Gasteiger partial charge in [-0.2, -0.15) is 0 Å². The Morgan fingerprint density at radius 1 is 1.33 bits per heavy atom. The highest BCUT2D eigenvalue weighted by Gasteiger charge is 2.24. The van der Waals surface area contributed by atoms with Crippen LogP contribution in [0.5, 0.6) is 5.75 Å². The molecule has 21 heavy (non-hydrogen) atoms. The van der Waals surface area contributed by atoms with Crippen LogP contribution in [0.3, 0.4) is 0 Å². The molecule has 1 N–H and O–H groups in total. The van der Waals surface area contributed by atoms with Crippen molar-refractivity contribution in [1.29, 1.82) is 0 Å². The van der Waals surface area contributed by atoms with Crippen LogP contribution < -0.4 is 10.1 Å². The molecule has 0 atom stereocenters. The number of hydrogen-bond donors (Lipinski definition) is 1. The Hall–Kier alpha value is -1.31. The molecule has 0 aliphatic heterocycles. The molecule has 0 aliphatic carbocycles. The van der Waals surface area contributed by atoms with E-state index < -0.39 is 20.5 Å². The van der Waals surface area contributed by atoms with E-state index in [9.17, 15) is 13.2 Å². The van der Waals surface area contributed by atoms with Crippen LogP contribution in [0.1, 0.15) is 24.2 Å². The molecule has 6 nitrogen and oxygen atoms in total. The van der Waals surface area contributed by atoms with Gasteiger partial charge in [0.15, 0.2) is 0 Å². The largest absolute Gasteiger partial charge is 0.496 e. The standard InChI is InChI=1S/C13H18ClNO5S/c1-13(2,8-19-3)15-12(16)10-7-9(21(14,17)18)5-6-11(10)20-4/h5-7H,8H2,1-4H3,(H,15,16). The Kier molecular flexibility index (Phi) is 5.61. The first kappa shape index (κ1) is 17.7. The second-order valence-electron chi connectivity index (χ2n) is 5.07. The van der Waals surface area contributed by atoms with Gasteiger partial charge in [0.25, 0.3) is 15.0 Å². The maximum atomic E-state index is 12.3. The molecule has 1 amide bonds. The lowest BCUT2D eigenvalue weighted by Crippen LogP contribution is -2.46. The molecule has 0 saturated carbocycles. The van der Waals surface area contributed by atoms with Crippen LogP contribution in [-0.4, -0.2) is 40.7 Å². The number of carbonyl (C=O) groups is 1. The minimum Gasteiger partial charge on any atom is -0.496 e. The first-order valence-electron chi connectivity index (χ1n) is 6.05. The van der Waals surface area contributed by atoms with Gasteiger partial charge in [-0.1, -0.05) is 0 Å². The molecule has 1 rings (SSSR count). The summed E-state index contributed by atoms with van der Waals surface area (Å²) in [6.07, 6.45) is 0. The molecular weight excluding hydrogens is 318 g/mol. The molecule has 0 heterocycles. The zero-order chi connectivity index (χ0) is 16.3. The van der Waals surface area contributed by atoms with Crippen molar-refractivity contribution in [2.45, 2.75) is 24.3 Å². The first-order chi connectivity index (χ1) is 9.60. The monoisotopic (exact) mass is 335 g/mol. The SMILES string of the molecule is COCC(C)(C)NC(=O)c1cc(S(=O)(=O)Cl)ccc1OC. The number of halogens is 1. The van der Waals surface area contributed by atoms with Gasteiger partial charge in [-0.3, -0.25) is 4.79 Å². The molecule has 0 fully saturated rings. The number of benzene rings is 1. The number of ether oxygens (including phenoxy) is 2. The minimum atomic E-state index is -3.93. The molecule has 0 spiro atoms. The van der Waals surface area contributed by atoms with Gasteiger partial charge < -0.3 is 14.8 Å². The fourth-order valence-corrected chi connectivity index (χ4v) is 2.56. The van der Waals surface area contributed by atoms with Crippen molar-refractivity contribution in [3.63, 3.8) is 0 Å². The number of hydrogen-bond acceptors (Lipinski definition) is 5. The van der Waals surface area contributed by atoms with Gasteiger partial charge >= 0.3 is 0 Å². The smallest absolute Gasteiger partial charge is 0.261 e. The van der Waals surface area contributed by atoms with Crippen molar-refractivity contribution in [3.05, 3.63) is 23.8 Å². The Bertz CT molecular complexity index is 627. The van der Waals surface area contributed by atoms with Crippen LogP contribution >= 0.6 is 10.7 Å². The summed E-state index contributed by atoms with van der Waals surface area (Å²) in [5, 5.41) is 2.75. The molecule has 0 aliphatic rings. The second-order valence-corrected chi connectivity index (χ2v) is 7.64. The van der Waals surface area contributed by atoms with Gasteiger partial charge in [0.2, 0.25) is 0 Å². The van der Waals surface area contributed by atoms with Gasteiger partial charge in [0, 0.05) is 17.8 Å². The average molecular weight is 336 g/mol. The van der Waals surface area contributed by atoms with E-state index in [-0.39, 0.29) is 16.2 Å². The minimum absolute atomic E-state index is 0.0865. The summed E-state index contributed by atoms with van der Waals surface area (Å²) in [5.41, 5.74) is -0.532. The maximum absolute atomic E-state index is 12.3. The van der Waals surface area contributed by atoms with Crippen LogP contribution in [0.15, 0.2) is 23.1 Å². The lowest BCUT2D eigenvalue weighted by atomic mass is 10.1. The van der Waals surface area contributed by atoms with Crippen LogP contribution in [0.25, 0.3) is 0 Å². The lowest BCUT2D eigenvalue weighted by Gasteiger charge is -2.25. The van der Waals surface area contributed by atoms with E-state index in [0.29, 0.717) is 6.61 Å². The highest BCUT2D eigenvalue weighted by molar-refractivity contribution is 8.13. The zero-order valence-corrected chi connectivity index (χ0v) is 13.8. The summed E-state index contributed by atoms with van der Waals surface area (Å²) in [6, 6.07) is 3.84. The fourth-order valence-electron chi connectivity index (χ4n) is 1.79. The number of methoxy groups -OCH3 is 2. The van der Waals surface area contributed by atoms with E-state index in [2.05, 4.69) is 5.32 Å². The molecule has 1 aromatic rings. The summed E-state index contributed by atoms with van der Waals surface area (Å²) in [6.45, 7) is 3.86. The predicted molar refractivity (Wildman–Crippen MR) is 79.5 cm³/mol. The Balaban J connectivity index is 3.18. The van der Waals surface area contributed by atoms with Crippen molar-refractivity contribution in [2.24, 2.45) is 0 Å². The normalized spacial score (nSPS) is 12.0. The second kappa shape index (κ2) is 6.64. The summed E-state index contributed by atoms with van der Waals surface area (Å²) in [7, 11) is 4.28. The lowest BCUT2D eigenvalue weighted by molar-refractivity contribution is 0.0817. The Labute approximate surface area is 128 Å². The van der Waals surface area contributed by atoms with Crippen LogP contribution in [-0.2, 0) is 13.8 Å². The van der Waals surface area contributed by atoms with E-state index >= 15 is 0 Å². The van der Waals surface area contributed by atoms with Crippen molar-refractivity contribution in [3.8, 4) is 5.75 Å². The highest BCUT2D eigenvalue weighted by atomic mass is 35.7. The molecule has 8 heteroatoms. The van der Waals surface area contributed by atoms with Crippen LogP contribution in [0, 0.1) is 0 Å². The summed E-state index contributed by atoms with van der Waals surface area (Å²) in [5.74, 6) is -0.221. The third kappa shape index (κ3) is 4.87. The number of nitrogens with one attached hydrogen (secondary N) is 1. The summed E-state index contributed by atoms with van der Waals surface area (Å²) in [4.78, 5) is 12.1. The van der Waals surface area contributed by atoms with E-state index in [0.717, 1.165) is 0 Å². The van der Waals surface area contributed by atoms with Crippen molar-refractivity contribution < 1.29 is 22.7 Å². The zero-order valence-electron chi connectivity index (χ0n) is 12.3. The van der Waals surface area contributed by atoms with E-state index in [1.807, 2.05) is 0 Å². The Morgan fingerprint density at radius 3 is 2.43 bits per heavy atom. The van der Waals surface area contributed by atoms with Crippen molar-refractivity contribution in [1.82, 2.24) is 5.32 Å². The van der Waals surface area contributed by atoms with Gasteiger partial charge in [-0.05, 0) is 32.0 Å². The predicted octanol–water partition coefficient (Wildman–Crippen LogP) is 1.78. The average Bonchev–Trinajstić information content (AvgIpc) is 2.36. The molecule has 0 radical (unpaired) electrons. The van der Waals surface area contributed by atoms with Gasteiger partial charge in [0.05, 0.1) is 29.7 Å². The molecule has 0 saturated heterocycles. The van der Waals surface area contributed by atoms with Crippen molar-refractivity contribution in [2.75, 3.05) is 20.8 Å². The van der Waals surface area contributed by atoms with Crippen LogP contribution in [0.4, 0.5) is 0 Å². The number of amides is 1. The summed E-state index contributed by atoms with van der Waals surface area (Å²) < 4.78 is 32.8. The fraction of sp³-hybridized carbons (Fsp3) is 0.462. The molecule has 1 aromatic carbocycles. The third-order valence-electron chi connectivity index (χ3n) is 2.65. The molecular formula is C13H18ClNO5S. The number of carbonyl (C=O) groups excluding carboxylic acids is 1. The third-order valence-corrected chi connectivity index (χ3v) is 4.01. The van der Waals surface area contributed by atoms with Gasteiger partial charge in [-0.15, -0.1) is 0 Å². The quantitative estimate of drug-likeness (QED) is 0.801. The molecule has 0 aromatic heterocycles. The van der Waals surface area contributed by atoms with E-state index in [4.69, 9.17) is 20.2 Å². The molecule has 118 valence electrons.